The smallest absolute Gasteiger partial charge is 0.229 e. The number of nitrogens with zero attached hydrogens (tertiary/aromatic N) is 3. The van der Waals surface area contributed by atoms with Gasteiger partial charge in [-0.25, -0.2) is 4.98 Å². The molecule has 2 aromatic rings. The molecule has 5 heteroatoms. The third-order valence-corrected chi connectivity index (χ3v) is 3.13. The van der Waals surface area contributed by atoms with Crippen LogP contribution in [0.2, 0.25) is 0 Å². The first-order valence-electron chi connectivity index (χ1n) is 5.54. The minimum absolute atomic E-state index is 0.0345. The number of β-amino-alcohol motifs (C(OH)–C–C–N with tert-alkyl or cyclic N) is 1. The Bertz CT molecular complexity index is 590. The molecule has 1 aromatic carbocycles. The molecule has 1 aliphatic heterocycles. The SMILES string of the molecule is Cn1cnc2cc(N3CC(O)CC3=O)ccc21. The molecule has 0 spiro atoms. The summed E-state index contributed by atoms with van der Waals surface area (Å²) in [7, 11) is 1.93. The van der Waals surface area contributed by atoms with Crippen molar-refractivity contribution in [2.75, 3.05) is 11.4 Å². The van der Waals surface area contributed by atoms with E-state index in [4.69, 9.17) is 0 Å². The number of aromatic nitrogens is 2. The zero-order chi connectivity index (χ0) is 12.0. The number of hydrogen-bond donors (Lipinski definition) is 1. The Balaban J connectivity index is 2.03. The third-order valence-electron chi connectivity index (χ3n) is 3.13. The minimum Gasteiger partial charge on any atom is -0.391 e. The predicted molar refractivity (Wildman–Crippen MR) is 63.7 cm³/mol. The van der Waals surface area contributed by atoms with E-state index in [1.165, 1.54) is 0 Å². The minimum atomic E-state index is -0.554. The second kappa shape index (κ2) is 3.56. The van der Waals surface area contributed by atoms with Gasteiger partial charge in [-0.2, -0.15) is 0 Å². The summed E-state index contributed by atoms with van der Waals surface area (Å²) in [6.07, 6.45) is 1.40. The van der Waals surface area contributed by atoms with Crippen LogP contribution in [-0.4, -0.2) is 33.2 Å². The average molecular weight is 231 g/mol. The molecular weight excluding hydrogens is 218 g/mol. The number of carbonyl (C=O) groups is 1. The van der Waals surface area contributed by atoms with Gasteiger partial charge in [0.1, 0.15) is 0 Å². The number of aliphatic hydroxyl groups is 1. The van der Waals surface area contributed by atoms with Crippen LogP contribution in [0.4, 0.5) is 5.69 Å². The van der Waals surface area contributed by atoms with Crippen LogP contribution in [0.25, 0.3) is 11.0 Å². The number of carbonyl (C=O) groups excluding carboxylic acids is 1. The molecular formula is C12H13N3O2. The standard InChI is InChI=1S/C12H13N3O2/c1-14-7-13-10-4-8(2-3-11(10)14)15-6-9(16)5-12(15)17/h2-4,7,9,16H,5-6H2,1H3. The van der Waals surface area contributed by atoms with E-state index in [1.807, 2.05) is 29.8 Å². The molecule has 1 saturated heterocycles. The van der Waals surface area contributed by atoms with Gasteiger partial charge < -0.3 is 14.6 Å². The molecule has 5 nitrogen and oxygen atoms in total. The third kappa shape index (κ3) is 1.59. The van der Waals surface area contributed by atoms with Crippen LogP contribution in [0.1, 0.15) is 6.42 Å². The summed E-state index contributed by atoms with van der Waals surface area (Å²) >= 11 is 0. The lowest BCUT2D eigenvalue weighted by molar-refractivity contribution is -0.117. The van der Waals surface area contributed by atoms with Crippen molar-refractivity contribution in [1.82, 2.24) is 9.55 Å². The Hall–Kier alpha value is -1.88. The number of rotatable bonds is 1. The van der Waals surface area contributed by atoms with Gasteiger partial charge in [-0.05, 0) is 18.2 Å². The zero-order valence-electron chi connectivity index (χ0n) is 9.50. The predicted octanol–water partition coefficient (Wildman–Crippen LogP) is 0.671. The van der Waals surface area contributed by atoms with Crippen molar-refractivity contribution in [2.24, 2.45) is 7.05 Å². The Morgan fingerprint density at radius 3 is 3.00 bits per heavy atom. The van der Waals surface area contributed by atoms with Gasteiger partial charge in [-0.3, -0.25) is 4.79 Å². The van der Waals surface area contributed by atoms with Gasteiger partial charge in [-0.1, -0.05) is 0 Å². The Morgan fingerprint density at radius 2 is 2.29 bits per heavy atom. The van der Waals surface area contributed by atoms with Crippen molar-refractivity contribution in [3.63, 3.8) is 0 Å². The number of amides is 1. The molecule has 1 fully saturated rings. The van der Waals surface area contributed by atoms with E-state index in [-0.39, 0.29) is 12.3 Å². The lowest BCUT2D eigenvalue weighted by atomic mass is 10.2. The number of fused-ring (bicyclic) bond motifs is 1. The van der Waals surface area contributed by atoms with Crippen molar-refractivity contribution in [2.45, 2.75) is 12.5 Å². The largest absolute Gasteiger partial charge is 0.391 e. The fourth-order valence-corrected chi connectivity index (χ4v) is 2.23. The number of hydrogen-bond acceptors (Lipinski definition) is 3. The molecule has 1 N–H and O–H groups in total. The van der Waals surface area contributed by atoms with Gasteiger partial charge in [0.15, 0.2) is 0 Å². The summed E-state index contributed by atoms with van der Waals surface area (Å²) in [5.41, 5.74) is 2.69. The number of aliphatic hydroxyl groups excluding tert-OH is 1. The van der Waals surface area contributed by atoms with Crippen molar-refractivity contribution in [3.8, 4) is 0 Å². The number of aryl methyl sites for hydroxylation is 1. The maximum Gasteiger partial charge on any atom is 0.229 e. The van der Waals surface area contributed by atoms with Crippen molar-refractivity contribution in [3.05, 3.63) is 24.5 Å². The summed E-state index contributed by atoms with van der Waals surface area (Å²) < 4.78 is 1.93. The topological polar surface area (TPSA) is 58.4 Å². The van der Waals surface area contributed by atoms with E-state index in [2.05, 4.69) is 4.98 Å². The summed E-state index contributed by atoms with van der Waals surface area (Å²) in [5.74, 6) is -0.0345. The summed E-state index contributed by atoms with van der Waals surface area (Å²) in [4.78, 5) is 17.5. The van der Waals surface area contributed by atoms with Gasteiger partial charge in [0.05, 0.1) is 36.4 Å². The quantitative estimate of drug-likeness (QED) is 0.784. The second-order valence-electron chi connectivity index (χ2n) is 4.39. The molecule has 0 bridgehead atoms. The highest BCUT2D eigenvalue weighted by Crippen LogP contribution is 2.25. The molecule has 1 aliphatic rings. The first-order valence-corrected chi connectivity index (χ1v) is 5.54. The molecule has 88 valence electrons. The van der Waals surface area contributed by atoms with Gasteiger partial charge in [0.25, 0.3) is 0 Å². The van der Waals surface area contributed by atoms with E-state index in [0.29, 0.717) is 6.54 Å². The maximum atomic E-state index is 11.7. The lowest BCUT2D eigenvalue weighted by Crippen LogP contribution is -2.25. The normalized spacial score (nSPS) is 20.5. The molecule has 1 unspecified atom stereocenters. The molecule has 1 amide bonds. The Labute approximate surface area is 98.3 Å². The van der Waals surface area contributed by atoms with Crippen LogP contribution in [0.15, 0.2) is 24.5 Å². The molecule has 17 heavy (non-hydrogen) atoms. The highest BCUT2D eigenvalue weighted by Gasteiger charge is 2.29. The van der Waals surface area contributed by atoms with Crippen molar-refractivity contribution >= 4 is 22.6 Å². The van der Waals surface area contributed by atoms with Crippen LogP contribution < -0.4 is 4.90 Å². The van der Waals surface area contributed by atoms with Crippen LogP contribution in [0.5, 0.6) is 0 Å². The van der Waals surface area contributed by atoms with Gasteiger partial charge >= 0.3 is 0 Å². The highest BCUT2D eigenvalue weighted by molar-refractivity contribution is 5.97. The molecule has 3 rings (SSSR count). The van der Waals surface area contributed by atoms with E-state index in [1.54, 1.807) is 11.2 Å². The summed E-state index contributed by atoms with van der Waals surface area (Å²) in [5, 5.41) is 9.47. The van der Waals surface area contributed by atoms with Crippen LogP contribution in [0, 0.1) is 0 Å². The molecule has 0 saturated carbocycles. The van der Waals surface area contributed by atoms with Crippen LogP contribution in [-0.2, 0) is 11.8 Å². The first-order chi connectivity index (χ1) is 8.15. The van der Waals surface area contributed by atoms with E-state index >= 15 is 0 Å². The van der Waals surface area contributed by atoms with Crippen LogP contribution in [0.3, 0.4) is 0 Å². The fraction of sp³-hybridized carbons (Fsp3) is 0.333. The van der Waals surface area contributed by atoms with Gasteiger partial charge in [0, 0.05) is 12.7 Å². The second-order valence-corrected chi connectivity index (χ2v) is 4.39. The number of anilines is 1. The van der Waals surface area contributed by atoms with E-state index < -0.39 is 6.10 Å². The molecule has 1 aromatic heterocycles. The number of imidazole rings is 1. The Morgan fingerprint density at radius 1 is 1.47 bits per heavy atom. The molecule has 0 aliphatic carbocycles. The average Bonchev–Trinajstić information content (AvgIpc) is 2.82. The number of benzene rings is 1. The van der Waals surface area contributed by atoms with E-state index in [0.717, 1.165) is 16.7 Å². The fourth-order valence-electron chi connectivity index (χ4n) is 2.23. The molecule has 1 atom stereocenters. The molecule has 0 radical (unpaired) electrons. The zero-order valence-corrected chi connectivity index (χ0v) is 9.50. The van der Waals surface area contributed by atoms with Crippen LogP contribution >= 0.6 is 0 Å². The van der Waals surface area contributed by atoms with Gasteiger partial charge in [0.2, 0.25) is 5.91 Å². The maximum absolute atomic E-state index is 11.7. The van der Waals surface area contributed by atoms with E-state index in [9.17, 15) is 9.90 Å². The molecule has 2 heterocycles. The highest BCUT2D eigenvalue weighted by atomic mass is 16.3. The lowest BCUT2D eigenvalue weighted by Gasteiger charge is -2.15. The monoisotopic (exact) mass is 231 g/mol. The van der Waals surface area contributed by atoms with Gasteiger partial charge in [-0.15, -0.1) is 0 Å². The first kappa shape index (κ1) is 10.3. The summed E-state index contributed by atoms with van der Waals surface area (Å²) in [6, 6.07) is 5.71. The van der Waals surface area contributed by atoms with Crippen molar-refractivity contribution in [1.29, 1.82) is 0 Å². The van der Waals surface area contributed by atoms with Crippen molar-refractivity contribution < 1.29 is 9.90 Å². The Kier molecular flexibility index (Phi) is 2.16. The summed E-state index contributed by atoms with van der Waals surface area (Å²) in [6.45, 7) is 0.372.